The van der Waals surface area contributed by atoms with Gasteiger partial charge in [0.25, 0.3) is 0 Å². The standard InChI is InChI=1S/C12H15BrClNO/c1-3-10-11(15-4-2)8-5-7(13)6-9(14)12(8)16-10/h5-6,10-11,15H,3-4H2,1-2H3. The smallest absolute Gasteiger partial charge is 0.143 e. The molecule has 0 bridgehead atoms. The molecule has 1 aliphatic heterocycles. The molecular formula is C12H15BrClNO. The van der Waals surface area contributed by atoms with Crippen LogP contribution in [0.5, 0.6) is 5.75 Å². The first-order valence-electron chi connectivity index (χ1n) is 5.56. The molecule has 4 heteroatoms. The third kappa shape index (κ3) is 2.08. The Kier molecular flexibility index (Phi) is 3.77. The average Bonchev–Trinajstić information content (AvgIpc) is 2.58. The Balaban J connectivity index is 2.41. The summed E-state index contributed by atoms with van der Waals surface area (Å²) in [6.45, 7) is 5.16. The normalized spacial score (nSPS) is 23.0. The number of benzene rings is 1. The van der Waals surface area contributed by atoms with Crippen LogP contribution in [0, 0.1) is 0 Å². The van der Waals surface area contributed by atoms with Crippen LogP contribution in [-0.4, -0.2) is 12.6 Å². The molecule has 0 fully saturated rings. The van der Waals surface area contributed by atoms with Gasteiger partial charge in [0.05, 0.1) is 11.1 Å². The van der Waals surface area contributed by atoms with Crippen LogP contribution < -0.4 is 10.1 Å². The second-order valence-corrected chi connectivity index (χ2v) is 5.23. The highest BCUT2D eigenvalue weighted by atomic mass is 79.9. The molecule has 1 N–H and O–H groups in total. The minimum absolute atomic E-state index is 0.182. The largest absolute Gasteiger partial charge is 0.487 e. The van der Waals surface area contributed by atoms with Crippen molar-refractivity contribution in [2.45, 2.75) is 32.4 Å². The van der Waals surface area contributed by atoms with Gasteiger partial charge in [0.15, 0.2) is 0 Å². The molecule has 0 spiro atoms. The monoisotopic (exact) mass is 303 g/mol. The third-order valence-electron chi connectivity index (χ3n) is 2.84. The zero-order chi connectivity index (χ0) is 11.7. The fourth-order valence-corrected chi connectivity index (χ4v) is 3.01. The molecule has 2 rings (SSSR count). The van der Waals surface area contributed by atoms with Gasteiger partial charge >= 0.3 is 0 Å². The molecule has 2 nitrogen and oxygen atoms in total. The van der Waals surface area contributed by atoms with Crippen molar-refractivity contribution < 1.29 is 4.74 Å². The number of hydrogen-bond acceptors (Lipinski definition) is 2. The van der Waals surface area contributed by atoms with E-state index in [-0.39, 0.29) is 12.1 Å². The first-order chi connectivity index (χ1) is 7.67. The lowest BCUT2D eigenvalue weighted by molar-refractivity contribution is 0.186. The van der Waals surface area contributed by atoms with Gasteiger partial charge < -0.3 is 10.1 Å². The molecule has 88 valence electrons. The molecule has 0 saturated carbocycles. The Hall–Kier alpha value is -0.250. The van der Waals surface area contributed by atoms with Crippen molar-refractivity contribution in [2.24, 2.45) is 0 Å². The van der Waals surface area contributed by atoms with Gasteiger partial charge in [0.1, 0.15) is 11.9 Å². The summed E-state index contributed by atoms with van der Waals surface area (Å²) in [7, 11) is 0. The highest BCUT2D eigenvalue weighted by Gasteiger charge is 2.34. The summed E-state index contributed by atoms with van der Waals surface area (Å²) < 4.78 is 6.89. The summed E-state index contributed by atoms with van der Waals surface area (Å²) in [6, 6.07) is 4.21. The summed E-state index contributed by atoms with van der Waals surface area (Å²) in [6.07, 6.45) is 1.15. The van der Waals surface area contributed by atoms with Crippen LogP contribution in [0.1, 0.15) is 31.9 Å². The van der Waals surface area contributed by atoms with Crippen LogP contribution in [0.25, 0.3) is 0 Å². The molecule has 0 aromatic heterocycles. The molecule has 1 aromatic rings. The summed E-state index contributed by atoms with van der Waals surface area (Å²) >= 11 is 9.65. The predicted molar refractivity (Wildman–Crippen MR) is 70.3 cm³/mol. The van der Waals surface area contributed by atoms with Gasteiger partial charge in [-0.05, 0) is 25.1 Å². The average molecular weight is 305 g/mol. The second kappa shape index (κ2) is 4.94. The van der Waals surface area contributed by atoms with Gasteiger partial charge in [-0.15, -0.1) is 0 Å². The van der Waals surface area contributed by atoms with E-state index in [0.29, 0.717) is 5.02 Å². The molecule has 0 amide bonds. The summed E-state index contributed by atoms with van der Waals surface area (Å²) in [4.78, 5) is 0. The molecule has 2 unspecified atom stereocenters. The van der Waals surface area contributed by atoms with E-state index in [1.807, 2.05) is 6.07 Å². The van der Waals surface area contributed by atoms with Gasteiger partial charge in [-0.2, -0.15) is 0 Å². The highest BCUT2D eigenvalue weighted by molar-refractivity contribution is 9.10. The minimum atomic E-state index is 0.182. The Morgan fingerprint density at radius 2 is 2.19 bits per heavy atom. The zero-order valence-electron chi connectivity index (χ0n) is 9.39. The SMILES string of the molecule is CCNC1c2cc(Br)cc(Cl)c2OC1CC. The summed E-state index contributed by atoms with van der Waals surface area (Å²) in [5.74, 6) is 0.836. The Bertz CT molecular complexity index is 397. The van der Waals surface area contributed by atoms with Gasteiger partial charge in [0.2, 0.25) is 0 Å². The van der Waals surface area contributed by atoms with E-state index in [1.54, 1.807) is 0 Å². The van der Waals surface area contributed by atoms with Crippen molar-refractivity contribution in [3.8, 4) is 5.75 Å². The molecular weight excluding hydrogens is 289 g/mol. The van der Waals surface area contributed by atoms with Crippen LogP contribution >= 0.6 is 27.5 Å². The van der Waals surface area contributed by atoms with Gasteiger partial charge in [0, 0.05) is 10.0 Å². The van der Waals surface area contributed by atoms with Crippen LogP contribution in [0.15, 0.2) is 16.6 Å². The lowest BCUT2D eigenvalue weighted by Gasteiger charge is -2.17. The number of rotatable bonds is 3. The topological polar surface area (TPSA) is 21.3 Å². The molecule has 16 heavy (non-hydrogen) atoms. The van der Waals surface area contributed by atoms with E-state index in [4.69, 9.17) is 16.3 Å². The summed E-state index contributed by atoms with van der Waals surface area (Å²) in [5, 5.41) is 4.14. The Labute approximate surface area is 109 Å². The van der Waals surface area contributed by atoms with Gasteiger partial charge in [-0.25, -0.2) is 0 Å². The van der Waals surface area contributed by atoms with Crippen molar-refractivity contribution in [1.82, 2.24) is 5.32 Å². The lowest BCUT2D eigenvalue weighted by atomic mass is 10.0. The maximum Gasteiger partial charge on any atom is 0.143 e. The second-order valence-electron chi connectivity index (χ2n) is 3.91. The summed E-state index contributed by atoms with van der Waals surface area (Å²) in [5.41, 5.74) is 1.16. The van der Waals surface area contributed by atoms with Crippen LogP contribution in [0.4, 0.5) is 0 Å². The van der Waals surface area contributed by atoms with E-state index in [2.05, 4.69) is 41.2 Å². The minimum Gasteiger partial charge on any atom is -0.487 e. The van der Waals surface area contributed by atoms with Crippen molar-refractivity contribution >= 4 is 27.5 Å². The molecule has 0 radical (unpaired) electrons. The van der Waals surface area contributed by atoms with Crippen molar-refractivity contribution in [3.63, 3.8) is 0 Å². The van der Waals surface area contributed by atoms with E-state index < -0.39 is 0 Å². The molecule has 1 aliphatic rings. The van der Waals surface area contributed by atoms with Crippen LogP contribution in [-0.2, 0) is 0 Å². The Morgan fingerprint density at radius 1 is 1.44 bits per heavy atom. The van der Waals surface area contributed by atoms with E-state index in [0.717, 1.165) is 28.8 Å². The van der Waals surface area contributed by atoms with Crippen molar-refractivity contribution in [1.29, 1.82) is 0 Å². The third-order valence-corrected chi connectivity index (χ3v) is 3.58. The van der Waals surface area contributed by atoms with Crippen LogP contribution in [0.3, 0.4) is 0 Å². The van der Waals surface area contributed by atoms with Gasteiger partial charge in [-0.1, -0.05) is 41.4 Å². The van der Waals surface area contributed by atoms with Crippen molar-refractivity contribution in [3.05, 3.63) is 27.2 Å². The first kappa shape index (κ1) is 12.2. The lowest BCUT2D eigenvalue weighted by Crippen LogP contribution is -2.30. The number of hydrogen-bond donors (Lipinski definition) is 1. The predicted octanol–water partition coefficient (Wildman–Crippen LogP) is 3.92. The molecule has 2 atom stereocenters. The van der Waals surface area contributed by atoms with E-state index in [9.17, 15) is 0 Å². The number of halogens is 2. The van der Waals surface area contributed by atoms with Crippen LogP contribution in [0.2, 0.25) is 5.02 Å². The number of fused-ring (bicyclic) bond motifs is 1. The number of nitrogens with one attached hydrogen (secondary N) is 1. The molecule has 1 aromatic carbocycles. The zero-order valence-corrected chi connectivity index (χ0v) is 11.7. The fourth-order valence-electron chi connectivity index (χ4n) is 2.14. The highest BCUT2D eigenvalue weighted by Crippen LogP contribution is 2.44. The van der Waals surface area contributed by atoms with Gasteiger partial charge in [-0.3, -0.25) is 0 Å². The molecule has 0 saturated heterocycles. The molecule has 0 aliphatic carbocycles. The maximum atomic E-state index is 6.18. The van der Waals surface area contributed by atoms with E-state index >= 15 is 0 Å². The first-order valence-corrected chi connectivity index (χ1v) is 6.73. The number of ether oxygens (including phenoxy) is 1. The van der Waals surface area contributed by atoms with E-state index in [1.165, 1.54) is 0 Å². The fraction of sp³-hybridized carbons (Fsp3) is 0.500. The van der Waals surface area contributed by atoms with Crippen molar-refractivity contribution in [2.75, 3.05) is 6.54 Å². The number of likely N-dealkylation sites (N-methyl/N-ethyl adjacent to an activating group) is 1. The molecule has 1 heterocycles. The quantitative estimate of drug-likeness (QED) is 0.914. The Morgan fingerprint density at radius 3 is 2.81 bits per heavy atom. The maximum absolute atomic E-state index is 6.18.